The molecule has 0 spiro atoms. The average Bonchev–Trinajstić information content (AvgIpc) is 2.67. The summed E-state index contributed by atoms with van der Waals surface area (Å²) in [6.45, 7) is 5.43. The minimum Gasteiger partial charge on any atom is -0.368 e. The summed E-state index contributed by atoms with van der Waals surface area (Å²) in [5.74, 6) is -0.494. The smallest absolute Gasteiger partial charge is 0.285 e. The van der Waals surface area contributed by atoms with Crippen LogP contribution in [0.5, 0.6) is 0 Å². The van der Waals surface area contributed by atoms with Crippen LogP contribution in [0.4, 0.5) is 10.1 Å². The van der Waals surface area contributed by atoms with Gasteiger partial charge in [0.2, 0.25) is 5.91 Å². The minimum absolute atomic E-state index is 0.0245. The fourth-order valence-corrected chi connectivity index (χ4v) is 3.10. The summed E-state index contributed by atoms with van der Waals surface area (Å²) in [7, 11) is 0. The summed E-state index contributed by atoms with van der Waals surface area (Å²) in [6, 6.07) is 8.16. The molecule has 1 aromatic heterocycles. The molecule has 140 valence electrons. The van der Waals surface area contributed by atoms with E-state index in [9.17, 15) is 19.2 Å². The van der Waals surface area contributed by atoms with Crippen LogP contribution in [0.15, 0.2) is 29.1 Å². The molecule has 0 N–H and O–H groups in total. The Labute approximate surface area is 156 Å². The van der Waals surface area contributed by atoms with Crippen molar-refractivity contribution in [3.05, 3.63) is 57.3 Å². The van der Waals surface area contributed by atoms with Crippen molar-refractivity contribution < 1.29 is 9.18 Å². The van der Waals surface area contributed by atoms with Crippen molar-refractivity contribution in [2.75, 3.05) is 31.1 Å². The van der Waals surface area contributed by atoms with Crippen LogP contribution in [0.25, 0.3) is 0 Å². The molecule has 1 aliphatic heterocycles. The lowest BCUT2D eigenvalue weighted by molar-refractivity contribution is -0.132. The van der Waals surface area contributed by atoms with Crippen LogP contribution in [0.3, 0.4) is 0 Å². The third-order valence-electron chi connectivity index (χ3n) is 4.86. The van der Waals surface area contributed by atoms with Gasteiger partial charge in [0.1, 0.15) is 24.0 Å². The zero-order chi connectivity index (χ0) is 19.6. The van der Waals surface area contributed by atoms with Gasteiger partial charge in [-0.3, -0.25) is 9.59 Å². The zero-order valence-corrected chi connectivity index (χ0v) is 15.3. The van der Waals surface area contributed by atoms with Gasteiger partial charge in [0.25, 0.3) is 5.56 Å². The normalized spacial score (nSPS) is 14.1. The van der Waals surface area contributed by atoms with Crippen molar-refractivity contribution in [1.82, 2.24) is 14.7 Å². The third-order valence-corrected chi connectivity index (χ3v) is 4.86. The van der Waals surface area contributed by atoms with Gasteiger partial charge in [-0.15, -0.1) is 0 Å². The molecule has 2 aromatic rings. The number of rotatable bonds is 3. The topological polar surface area (TPSA) is 82.2 Å². The standard InChI is InChI=1S/C19H20FN5O2/c1-13-14(2)22-25(19(27)17(13)11-21)12-18(26)24-9-7-23(8-10-24)16-5-3-15(20)4-6-16/h3-6H,7-10,12H2,1-2H3. The van der Waals surface area contributed by atoms with Crippen molar-refractivity contribution in [3.8, 4) is 6.07 Å². The molecule has 1 fully saturated rings. The van der Waals surface area contributed by atoms with Gasteiger partial charge in [0.15, 0.2) is 0 Å². The maximum absolute atomic E-state index is 13.0. The Hall–Kier alpha value is -3.21. The molecule has 1 saturated heterocycles. The first-order valence-electron chi connectivity index (χ1n) is 8.67. The number of benzene rings is 1. The average molecular weight is 369 g/mol. The van der Waals surface area contributed by atoms with Crippen LogP contribution in [-0.2, 0) is 11.3 Å². The summed E-state index contributed by atoms with van der Waals surface area (Å²) in [4.78, 5) is 28.7. The van der Waals surface area contributed by atoms with Crippen molar-refractivity contribution >= 4 is 11.6 Å². The Bertz CT molecular complexity index is 954. The summed E-state index contributed by atoms with van der Waals surface area (Å²) in [5.41, 5.74) is 1.49. The fraction of sp³-hybridized carbons (Fsp3) is 0.368. The molecule has 0 saturated carbocycles. The number of nitrogens with zero attached hydrogens (tertiary/aromatic N) is 5. The van der Waals surface area contributed by atoms with E-state index in [1.165, 1.54) is 12.1 Å². The minimum atomic E-state index is -0.543. The fourth-order valence-electron chi connectivity index (χ4n) is 3.10. The van der Waals surface area contributed by atoms with E-state index >= 15 is 0 Å². The maximum Gasteiger partial charge on any atom is 0.285 e. The maximum atomic E-state index is 13.0. The highest BCUT2D eigenvalue weighted by molar-refractivity contribution is 5.76. The monoisotopic (exact) mass is 369 g/mol. The molecule has 0 radical (unpaired) electrons. The molecule has 0 bridgehead atoms. The second-order valence-corrected chi connectivity index (χ2v) is 6.50. The Kier molecular flexibility index (Phi) is 5.21. The lowest BCUT2D eigenvalue weighted by atomic mass is 10.1. The number of amides is 1. The molecule has 27 heavy (non-hydrogen) atoms. The lowest BCUT2D eigenvalue weighted by Crippen LogP contribution is -2.50. The van der Waals surface area contributed by atoms with Gasteiger partial charge in [0.05, 0.1) is 5.69 Å². The highest BCUT2D eigenvalue weighted by Gasteiger charge is 2.23. The highest BCUT2D eigenvalue weighted by Crippen LogP contribution is 2.17. The van der Waals surface area contributed by atoms with Gasteiger partial charge in [-0.2, -0.15) is 10.4 Å². The van der Waals surface area contributed by atoms with Crippen LogP contribution in [0, 0.1) is 31.0 Å². The van der Waals surface area contributed by atoms with Crippen LogP contribution < -0.4 is 10.5 Å². The van der Waals surface area contributed by atoms with Gasteiger partial charge in [0, 0.05) is 31.9 Å². The molecule has 1 amide bonds. The molecule has 0 unspecified atom stereocenters. The Morgan fingerprint density at radius 3 is 2.41 bits per heavy atom. The molecule has 8 heteroatoms. The van der Waals surface area contributed by atoms with Crippen LogP contribution in [0.1, 0.15) is 16.8 Å². The summed E-state index contributed by atoms with van der Waals surface area (Å²) in [6.07, 6.45) is 0. The molecule has 3 rings (SSSR count). The summed E-state index contributed by atoms with van der Waals surface area (Å²) in [5, 5.41) is 13.3. The van der Waals surface area contributed by atoms with E-state index in [4.69, 9.17) is 0 Å². The van der Waals surface area contributed by atoms with E-state index in [1.807, 2.05) is 6.07 Å². The lowest BCUT2D eigenvalue weighted by Gasteiger charge is -2.36. The number of aryl methyl sites for hydroxylation is 1. The van der Waals surface area contributed by atoms with E-state index in [1.54, 1.807) is 30.9 Å². The van der Waals surface area contributed by atoms with Gasteiger partial charge in [-0.1, -0.05) is 0 Å². The molecule has 0 atom stereocenters. The van der Waals surface area contributed by atoms with Crippen LogP contribution >= 0.6 is 0 Å². The molecule has 1 aliphatic rings. The number of hydrogen-bond donors (Lipinski definition) is 0. The molecular formula is C19H20FN5O2. The van der Waals surface area contributed by atoms with E-state index in [2.05, 4.69) is 10.00 Å². The Morgan fingerprint density at radius 2 is 1.81 bits per heavy atom. The van der Waals surface area contributed by atoms with E-state index in [0.717, 1.165) is 10.4 Å². The quantitative estimate of drug-likeness (QED) is 0.812. The largest absolute Gasteiger partial charge is 0.368 e. The van der Waals surface area contributed by atoms with E-state index < -0.39 is 5.56 Å². The first-order valence-corrected chi connectivity index (χ1v) is 8.67. The number of carbonyl (C=O) groups excluding carboxylic acids is 1. The first-order chi connectivity index (χ1) is 12.9. The zero-order valence-electron chi connectivity index (χ0n) is 15.3. The van der Waals surface area contributed by atoms with Gasteiger partial charge >= 0.3 is 0 Å². The molecule has 2 heterocycles. The Balaban J connectivity index is 1.67. The first kappa shape index (κ1) is 18.6. The number of anilines is 1. The second-order valence-electron chi connectivity index (χ2n) is 6.50. The van der Waals surface area contributed by atoms with E-state index in [-0.39, 0.29) is 23.8 Å². The molecule has 1 aromatic carbocycles. The molecule has 7 nitrogen and oxygen atoms in total. The van der Waals surface area contributed by atoms with Crippen molar-refractivity contribution in [2.24, 2.45) is 0 Å². The van der Waals surface area contributed by atoms with Crippen LogP contribution in [-0.4, -0.2) is 46.8 Å². The summed E-state index contributed by atoms with van der Waals surface area (Å²) < 4.78 is 14.1. The van der Waals surface area contributed by atoms with Gasteiger partial charge < -0.3 is 9.80 Å². The SMILES string of the molecule is Cc1nn(CC(=O)N2CCN(c3ccc(F)cc3)CC2)c(=O)c(C#N)c1C. The number of hydrogen-bond acceptors (Lipinski definition) is 5. The van der Waals surface area contributed by atoms with Gasteiger partial charge in [-0.25, -0.2) is 9.07 Å². The number of carbonyl (C=O) groups is 1. The molecular weight excluding hydrogens is 349 g/mol. The van der Waals surface area contributed by atoms with Crippen LogP contribution in [0.2, 0.25) is 0 Å². The summed E-state index contributed by atoms with van der Waals surface area (Å²) >= 11 is 0. The van der Waals surface area contributed by atoms with E-state index in [0.29, 0.717) is 37.4 Å². The van der Waals surface area contributed by atoms with Crippen molar-refractivity contribution in [1.29, 1.82) is 5.26 Å². The predicted molar refractivity (Wildman–Crippen MR) is 97.9 cm³/mol. The third kappa shape index (κ3) is 3.82. The van der Waals surface area contributed by atoms with Crippen molar-refractivity contribution in [3.63, 3.8) is 0 Å². The Morgan fingerprint density at radius 1 is 1.19 bits per heavy atom. The van der Waals surface area contributed by atoms with Gasteiger partial charge in [-0.05, 0) is 43.7 Å². The van der Waals surface area contributed by atoms with Crippen molar-refractivity contribution in [2.45, 2.75) is 20.4 Å². The highest BCUT2D eigenvalue weighted by atomic mass is 19.1. The number of halogens is 1. The second kappa shape index (κ2) is 7.58. The predicted octanol–water partition coefficient (Wildman–Crippen LogP) is 1.22. The number of nitriles is 1. The number of piperazine rings is 1. The molecule has 0 aliphatic carbocycles. The number of aromatic nitrogens is 2.